The van der Waals surface area contributed by atoms with Gasteiger partial charge in [0.2, 0.25) is 9.47 Å². The summed E-state index contributed by atoms with van der Waals surface area (Å²) in [6.45, 7) is 2.20. The zero-order valence-corrected chi connectivity index (χ0v) is 9.94. The van der Waals surface area contributed by atoms with E-state index < -0.39 is 0 Å². The number of nitrogens with one attached hydrogen (secondary N) is 1. The molecule has 1 N–H and O–H groups in total. The first kappa shape index (κ1) is 10.8. The molecule has 6 heteroatoms. The van der Waals surface area contributed by atoms with Crippen molar-refractivity contribution in [2.24, 2.45) is 5.92 Å². The quantitative estimate of drug-likeness (QED) is 0.868. The summed E-state index contributed by atoms with van der Waals surface area (Å²) in [4.78, 5) is 11.7. The van der Waals surface area contributed by atoms with Crippen molar-refractivity contribution < 1.29 is 4.79 Å². The molecule has 1 aliphatic rings. The standard InChI is InChI=1S/C9H12ClN3OS/c1-5-2-3-6(4-5)11-7(14)8-12-13-9(10)15-8/h5-6H,2-4H2,1H3,(H,11,14). The molecule has 1 aromatic heterocycles. The molecule has 1 saturated carbocycles. The fourth-order valence-corrected chi connectivity index (χ4v) is 2.61. The third-order valence-electron chi connectivity index (χ3n) is 2.62. The number of hydrogen-bond donors (Lipinski definition) is 1. The van der Waals surface area contributed by atoms with Gasteiger partial charge in [0, 0.05) is 6.04 Å². The Morgan fingerprint density at radius 3 is 2.87 bits per heavy atom. The summed E-state index contributed by atoms with van der Waals surface area (Å²) in [5, 5.41) is 10.6. The van der Waals surface area contributed by atoms with Gasteiger partial charge in [-0.1, -0.05) is 18.3 Å². The van der Waals surface area contributed by atoms with Gasteiger partial charge in [-0.3, -0.25) is 4.79 Å². The largest absolute Gasteiger partial charge is 0.347 e. The number of carbonyl (C=O) groups excluding carboxylic acids is 1. The predicted molar refractivity (Wildman–Crippen MR) is 59.2 cm³/mol. The van der Waals surface area contributed by atoms with Gasteiger partial charge < -0.3 is 5.32 Å². The molecule has 2 unspecified atom stereocenters. The van der Waals surface area contributed by atoms with E-state index in [1.54, 1.807) is 0 Å². The van der Waals surface area contributed by atoms with E-state index in [9.17, 15) is 4.79 Å². The zero-order valence-electron chi connectivity index (χ0n) is 8.36. The first-order valence-corrected chi connectivity index (χ1v) is 6.14. The molecule has 0 bridgehead atoms. The molecule has 0 saturated heterocycles. The number of amides is 1. The topological polar surface area (TPSA) is 54.9 Å². The van der Waals surface area contributed by atoms with Crippen molar-refractivity contribution in [2.45, 2.75) is 32.2 Å². The van der Waals surface area contributed by atoms with E-state index in [-0.39, 0.29) is 11.9 Å². The highest BCUT2D eigenvalue weighted by Gasteiger charge is 2.24. The lowest BCUT2D eigenvalue weighted by Crippen LogP contribution is -2.32. The third kappa shape index (κ3) is 2.66. The Kier molecular flexibility index (Phi) is 3.21. The van der Waals surface area contributed by atoms with Crippen LogP contribution in [0.1, 0.15) is 36.0 Å². The van der Waals surface area contributed by atoms with E-state index in [0.29, 0.717) is 15.4 Å². The first-order valence-electron chi connectivity index (χ1n) is 4.95. The van der Waals surface area contributed by atoms with Crippen molar-refractivity contribution in [1.29, 1.82) is 0 Å². The highest BCUT2D eigenvalue weighted by molar-refractivity contribution is 7.17. The van der Waals surface area contributed by atoms with Crippen LogP contribution < -0.4 is 5.32 Å². The molecule has 0 spiro atoms. The van der Waals surface area contributed by atoms with Crippen LogP contribution in [0.4, 0.5) is 0 Å². The SMILES string of the molecule is CC1CCC(NC(=O)c2nnc(Cl)s2)C1. The molecular formula is C9H12ClN3OS. The molecule has 1 aliphatic carbocycles. The number of halogens is 1. The van der Waals surface area contributed by atoms with Crippen LogP contribution in [0, 0.1) is 5.92 Å². The lowest BCUT2D eigenvalue weighted by molar-refractivity contribution is 0.0936. The lowest BCUT2D eigenvalue weighted by Gasteiger charge is -2.10. The third-order valence-corrected chi connectivity index (χ3v) is 3.64. The first-order chi connectivity index (χ1) is 7.15. The van der Waals surface area contributed by atoms with Crippen molar-refractivity contribution in [1.82, 2.24) is 15.5 Å². The summed E-state index contributed by atoms with van der Waals surface area (Å²) in [6.07, 6.45) is 3.29. The second-order valence-electron chi connectivity index (χ2n) is 3.95. The molecule has 1 amide bonds. The minimum Gasteiger partial charge on any atom is -0.347 e. The van der Waals surface area contributed by atoms with E-state index >= 15 is 0 Å². The molecule has 2 atom stereocenters. The smallest absolute Gasteiger partial charge is 0.282 e. The van der Waals surface area contributed by atoms with Crippen LogP contribution in [0.3, 0.4) is 0 Å². The summed E-state index contributed by atoms with van der Waals surface area (Å²) in [5.41, 5.74) is 0. The van der Waals surface area contributed by atoms with Gasteiger partial charge in [0.25, 0.3) is 5.91 Å². The Labute approximate surface area is 97.0 Å². The van der Waals surface area contributed by atoms with Gasteiger partial charge >= 0.3 is 0 Å². The maximum Gasteiger partial charge on any atom is 0.282 e. The van der Waals surface area contributed by atoms with E-state index in [1.165, 1.54) is 6.42 Å². The number of rotatable bonds is 2. The average molecular weight is 246 g/mol. The summed E-state index contributed by atoms with van der Waals surface area (Å²) in [6, 6.07) is 0.287. The molecule has 15 heavy (non-hydrogen) atoms. The summed E-state index contributed by atoms with van der Waals surface area (Å²) in [7, 11) is 0. The summed E-state index contributed by atoms with van der Waals surface area (Å²) in [5.74, 6) is 0.548. The Morgan fingerprint density at radius 2 is 2.33 bits per heavy atom. The van der Waals surface area contributed by atoms with Gasteiger partial charge in [0.15, 0.2) is 0 Å². The molecule has 1 aromatic rings. The molecule has 0 radical (unpaired) electrons. The predicted octanol–water partition coefficient (Wildman–Crippen LogP) is 2.11. The molecule has 2 rings (SSSR count). The Bertz CT molecular complexity index is 368. The van der Waals surface area contributed by atoms with Gasteiger partial charge in [-0.2, -0.15) is 0 Å². The second kappa shape index (κ2) is 4.45. The minimum absolute atomic E-state index is 0.154. The summed E-state index contributed by atoms with van der Waals surface area (Å²) >= 11 is 6.72. The number of nitrogens with zero attached hydrogens (tertiary/aromatic N) is 2. The van der Waals surface area contributed by atoms with Gasteiger partial charge in [0.05, 0.1) is 0 Å². The fourth-order valence-electron chi connectivity index (χ4n) is 1.88. The number of hydrogen-bond acceptors (Lipinski definition) is 4. The van der Waals surface area contributed by atoms with Gasteiger partial charge in [-0.25, -0.2) is 0 Å². The van der Waals surface area contributed by atoms with E-state index in [0.717, 1.165) is 24.2 Å². The van der Waals surface area contributed by atoms with Gasteiger partial charge in [0.1, 0.15) is 0 Å². The molecular weight excluding hydrogens is 234 g/mol. The van der Waals surface area contributed by atoms with Crippen LogP contribution in [0.15, 0.2) is 0 Å². The molecule has 1 fully saturated rings. The maximum atomic E-state index is 11.7. The Hall–Kier alpha value is -0.680. The van der Waals surface area contributed by atoms with Crippen molar-refractivity contribution in [3.63, 3.8) is 0 Å². The van der Waals surface area contributed by atoms with Crippen LogP contribution in [-0.2, 0) is 0 Å². The van der Waals surface area contributed by atoms with Gasteiger partial charge in [-0.05, 0) is 36.8 Å². The maximum absolute atomic E-state index is 11.7. The fraction of sp³-hybridized carbons (Fsp3) is 0.667. The highest BCUT2D eigenvalue weighted by atomic mass is 35.5. The van der Waals surface area contributed by atoms with Crippen LogP contribution in [0.2, 0.25) is 4.47 Å². The average Bonchev–Trinajstić information content (AvgIpc) is 2.75. The van der Waals surface area contributed by atoms with E-state index in [1.807, 2.05) is 0 Å². The van der Waals surface area contributed by atoms with Gasteiger partial charge in [-0.15, -0.1) is 10.2 Å². The Morgan fingerprint density at radius 1 is 1.53 bits per heavy atom. The zero-order chi connectivity index (χ0) is 10.8. The normalized spacial score (nSPS) is 25.5. The number of aromatic nitrogens is 2. The van der Waals surface area contributed by atoms with Crippen molar-refractivity contribution in [3.8, 4) is 0 Å². The van der Waals surface area contributed by atoms with Crippen LogP contribution in [0.25, 0.3) is 0 Å². The van der Waals surface area contributed by atoms with Crippen LogP contribution in [0.5, 0.6) is 0 Å². The number of carbonyl (C=O) groups is 1. The highest BCUT2D eigenvalue weighted by Crippen LogP contribution is 2.25. The van der Waals surface area contributed by atoms with Crippen molar-refractivity contribution in [2.75, 3.05) is 0 Å². The van der Waals surface area contributed by atoms with Crippen LogP contribution in [-0.4, -0.2) is 22.1 Å². The molecule has 0 aliphatic heterocycles. The Balaban J connectivity index is 1.92. The lowest BCUT2D eigenvalue weighted by atomic mass is 10.1. The monoisotopic (exact) mass is 245 g/mol. The molecule has 82 valence electrons. The van der Waals surface area contributed by atoms with Crippen LogP contribution >= 0.6 is 22.9 Å². The minimum atomic E-state index is -0.154. The molecule has 4 nitrogen and oxygen atoms in total. The molecule has 1 heterocycles. The van der Waals surface area contributed by atoms with Crippen molar-refractivity contribution in [3.05, 3.63) is 9.47 Å². The summed E-state index contributed by atoms with van der Waals surface area (Å²) < 4.78 is 0.305. The van der Waals surface area contributed by atoms with Crippen molar-refractivity contribution >= 4 is 28.8 Å². The second-order valence-corrected chi connectivity index (χ2v) is 5.51. The van der Waals surface area contributed by atoms with E-state index in [2.05, 4.69) is 22.4 Å². The molecule has 0 aromatic carbocycles. The van der Waals surface area contributed by atoms with E-state index in [4.69, 9.17) is 11.6 Å².